The third kappa shape index (κ3) is 2.17. The highest BCUT2D eigenvalue weighted by Gasteiger charge is 2.15. The van der Waals surface area contributed by atoms with Crippen molar-refractivity contribution in [3.63, 3.8) is 0 Å². The lowest BCUT2D eigenvalue weighted by molar-refractivity contribution is 0.865. The van der Waals surface area contributed by atoms with Gasteiger partial charge in [0.1, 0.15) is 0 Å². The Kier molecular flexibility index (Phi) is 3.20. The molecule has 3 heteroatoms. The van der Waals surface area contributed by atoms with E-state index in [-0.39, 0.29) is 6.04 Å². The Bertz CT molecular complexity index is 760. The van der Waals surface area contributed by atoms with Gasteiger partial charge in [-0.15, -0.1) is 0 Å². The highest BCUT2D eigenvalue weighted by molar-refractivity contribution is 5.78. The zero-order valence-electron chi connectivity index (χ0n) is 11.7. The number of benzene rings is 2. The zero-order valence-corrected chi connectivity index (χ0v) is 11.7. The van der Waals surface area contributed by atoms with E-state index in [0.29, 0.717) is 0 Å². The van der Waals surface area contributed by atoms with Crippen LogP contribution in [-0.4, -0.2) is 9.97 Å². The van der Waals surface area contributed by atoms with Crippen LogP contribution in [0.3, 0.4) is 0 Å². The van der Waals surface area contributed by atoms with Crippen LogP contribution in [0, 0.1) is 13.8 Å². The molecule has 0 saturated heterocycles. The lowest BCUT2D eigenvalue weighted by Gasteiger charge is -2.17. The Labute approximate surface area is 118 Å². The van der Waals surface area contributed by atoms with Gasteiger partial charge in [-0.3, -0.25) is 9.97 Å². The molecule has 0 spiro atoms. The van der Waals surface area contributed by atoms with Gasteiger partial charge in [0.15, 0.2) is 0 Å². The van der Waals surface area contributed by atoms with Crippen LogP contribution < -0.4 is 5.73 Å². The van der Waals surface area contributed by atoms with Gasteiger partial charge in [0.25, 0.3) is 0 Å². The minimum Gasteiger partial charge on any atom is -0.320 e. The summed E-state index contributed by atoms with van der Waals surface area (Å²) >= 11 is 0. The first kappa shape index (κ1) is 12.8. The Morgan fingerprint density at radius 3 is 2.55 bits per heavy atom. The molecule has 0 radical (unpaired) electrons. The molecule has 0 amide bonds. The number of aromatic nitrogens is 2. The molecule has 3 aromatic rings. The molecule has 1 atom stereocenters. The van der Waals surface area contributed by atoms with Crippen molar-refractivity contribution in [2.45, 2.75) is 19.9 Å². The minimum absolute atomic E-state index is 0.184. The molecule has 20 heavy (non-hydrogen) atoms. The van der Waals surface area contributed by atoms with Crippen molar-refractivity contribution >= 4 is 11.0 Å². The van der Waals surface area contributed by atoms with Gasteiger partial charge in [0.05, 0.1) is 17.1 Å². The molecule has 3 nitrogen and oxygen atoms in total. The van der Waals surface area contributed by atoms with Gasteiger partial charge in [-0.25, -0.2) is 0 Å². The van der Waals surface area contributed by atoms with Crippen LogP contribution >= 0.6 is 0 Å². The average Bonchev–Trinajstić information content (AvgIpc) is 2.46. The number of rotatable bonds is 2. The van der Waals surface area contributed by atoms with Crippen molar-refractivity contribution in [3.8, 4) is 0 Å². The van der Waals surface area contributed by atoms with Gasteiger partial charge < -0.3 is 5.73 Å². The van der Waals surface area contributed by atoms with E-state index in [9.17, 15) is 0 Å². The lowest BCUT2D eigenvalue weighted by atomic mass is 9.94. The third-order valence-electron chi connectivity index (χ3n) is 3.63. The summed E-state index contributed by atoms with van der Waals surface area (Å²) in [4.78, 5) is 8.77. The summed E-state index contributed by atoms with van der Waals surface area (Å²) in [7, 11) is 0. The van der Waals surface area contributed by atoms with E-state index >= 15 is 0 Å². The fourth-order valence-corrected chi connectivity index (χ4v) is 2.61. The van der Waals surface area contributed by atoms with E-state index in [1.54, 1.807) is 12.4 Å². The van der Waals surface area contributed by atoms with Crippen molar-refractivity contribution in [3.05, 3.63) is 71.0 Å². The molecular weight excluding hydrogens is 246 g/mol. The summed E-state index contributed by atoms with van der Waals surface area (Å²) in [6.45, 7) is 4.19. The Morgan fingerprint density at radius 1 is 0.950 bits per heavy atom. The summed E-state index contributed by atoms with van der Waals surface area (Å²) < 4.78 is 0. The molecule has 0 aliphatic carbocycles. The Morgan fingerprint density at radius 2 is 1.75 bits per heavy atom. The fraction of sp³-hybridized carbons (Fsp3) is 0.176. The van der Waals surface area contributed by atoms with E-state index < -0.39 is 0 Å². The van der Waals surface area contributed by atoms with E-state index in [1.807, 2.05) is 18.2 Å². The molecule has 2 N–H and O–H groups in total. The second kappa shape index (κ2) is 5.02. The molecule has 0 aliphatic rings. The summed E-state index contributed by atoms with van der Waals surface area (Å²) in [6.07, 6.45) is 3.41. The number of nitrogens with two attached hydrogens (primary N) is 1. The second-order valence-corrected chi connectivity index (χ2v) is 5.11. The molecule has 0 saturated carbocycles. The van der Waals surface area contributed by atoms with Crippen LogP contribution in [0.15, 0.2) is 48.8 Å². The molecular formula is C17H17N3. The van der Waals surface area contributed by atoms with Crippen molar-refractivity contribution in [1.29, 1.82) is 0 Å². The van der Waals surface area contributed by atoms with Crippen LogP contribution in [0.2, 0.25) is 0 Å². The number of fused-ring (bicyclic) bond motifs is 1. The van der Waals surface area contributed by atoms with Crippen LogP contribution in [0.5, 0.6) is 0 Å². The monoisotopic (exact) mass is 263 g/mol. The van der Waals surface area contributed by atoms with E-state index in [0.717, 1.165) is 22.2 Å². The molecule has 0 fully saturated rings. The molecule has 3 rings (SSSR count). The molecule has 2 aromatic carbocycles. The molecule has 1 aromatic heterocycles. The minimum atomic E-state index is -0.184. The van der Waals surface area contributed by atoms with Crippen LogP contribution in [0.25, 0.3) is 11.0 Å². The van der Waals surface area contributed by atoms with Gasteiger partial charge in [0.2, 0.25) is 0 Å². The molecule has 0 bridgehead atoms. The molecule has 0 aliphatic heterocycles. The highest BCUT2D eigenvalue weighted by atomic mass is 14.8. The summed E-state index contributed by atoms with van der Waals surface area (Å²) in [5.74, 6) is 0. The van der Waals surface area contributed by atoms with Gasteiger partial charge in [-0.2, -0.15) is 0 Å². The average molecular weight is 263 g/mol. The van der Waals surface area contributed by atoms with Crippen molar-refractivity contribution in [1.82, 2.24) is 9.97 Å². The van der Waals surface area contributed by atoms with E-state index in [1.165, 1.54) is 11.1 Å². The predicted octanol–water partition coefficient (Wildman–Crippen LogP) is 3.29. The Balaban J connectivity index is 2.15. The number of nitrogens with zero attached hydrogens (tertiary/aromatic N) is 2. The molecule has 1 heterocycles. The normalized spacial score (nSPS) is 12.6. The van der Waals surface area contributed by atoms with Crippen molar-refractivity contribution in [2.75, 3.05) is 0 Å². The topological polar surface area (TPSA) is 51.8 Å². The first-order valence-electron chi connectivity index (χ1n) is 6.69. The van der Waals surface area contributed by atoms with Gasteiger partial charge in [0, 0.05) is 18.0 Å². The lowest BCUT2D eigenvalue weighted by Crippen LogP contribution is -2.14. The maximum atomic E-state index is 6.47. The number of aryl methyl sites for hydroxylation is 2. The maximum absolute atomic E-state index is 6.47. The fourth-order valence-electron chi connectivity index (χ4n) is 2.61. The van der Waals surface area contributed by atoms with Crippen LogP contribution in [0.1, 0.15) is 28.3 Å². The van der Waals surface area contributed by atoms with Gasteiger partial charge in [-0.05, 0) is 31.0 Å². The van der Waals surface area contributed by atoms with Crippen molar-refractivity contribution in [2.24, 2.45) is 5.73 Å². The van der Waals surface area contributed by atoms with Gasteiger partial charge in [-0.1, -0.05) is 35.9 Å². The summed E-state index contributed by atoms with van der Waals surface area (Å²) in [6, 6.07) is 12.1. The van der Waals surface area contributed by atoms with Crippen molar-refractivity contribution < 1.29 is 0 Å². The number of para-hydroxylation sites is 1. The smallest absolute Gasteiger partial charge is 0.0937 e. The molecule has 1 unspecified atom stereocenters. The largest absolute Gasteiger partial charge is 0.320 e. The summed E-state index contributed by atoms with van der Waals surface area (Å²) in [5, 5.41) is 0. The van der Waals surface area contributed by atoms with Crippen LogP contribution in [0.4, 0.5) is 0 Å². The first-order valence-corrected chi connectivity index (χ1v) is 6.69. The standard InChI is InChI=1S/C17H17N3/c1-11-6-7-13(12(2)10-11)16(18)14-4-3-5-15-17(14)20-9-8-19-15/h3-10,16H,18H2,1-2H3. The quantitative estimate of drug-likeness (QED) is 0.771. The third-order valence-corrected chi connectivity index (χ3v) is 3.63. The highest BCUT2D eigenvalue weighted by Crippen LogP contribution is 2.27. The number of hydrogen-bond donors (Lipinski definition) is 1. The number of hydrogen-bond acceptors (Lipinski definition) is 3. The predicted molar refractivity (Wildman–Crippen MR) is 81.5 cm³/mol. The van der Waals surface area contributed by atoms with Crippen LogP contribution in [-0.2, 0) is 0 Å². The van der Waals surface area contributed by atoms with E-state index in [2.05, 4.69) is 42.0 Å². The molecule has 100 valence electrons. The van der Waals surface area contributed by atoms with E-state index in [4.69, 9.17) is 5.73 Å². The zero-order chi connectivity index (χ0) is 14.1. The SMILES string of the molecule is Cc1ccc(C(N)c2cccc3nccnc23)c(C)c1. The summed E-state index contributed by atoms with van der Waals surface area (Å²) in [5.41, 5.74) is 12.8. The maximum Gasteiger partial charge on any atom is 0.0937 e. The Hall–Kier alpha value is -2.26. The van der Waals surface area contributed by atoms with Gasteiger partial charge >= 0.3 is 0 Å². The first-order chi connectivity index (χ1) is 9.66. The second-order valence-electron chi connectivity index (χ2n) is 5.11.